The standard InChI is InChI=1S/C17H24N4S/c1-11(2)14-6-5-7-15(8-14)21-17(18)20-9-12(3)16-19-10-13(4)22-16/h5-8,10-12H,9H2,1-4H3,(H3,18,20,21). The van der Waals surface area contributed by atoms with Crippen molar-refractivity contribution in [3.05, 3.63) is 45.9 Å². The van der Waals surface area contributed by atoms with E-state index in [0.29, 0.717) is 18.4 Å². The molecule has 2 aromatic rings. The van der Waals surface area contributed by atoms with Crippen LogP contribution in [0.5, 0.6) is 0 Å². The SMILES string of the molecule is Cc1cnc(C(C)CN=C(N)Nc2cccc(C(C)C)c2)s1. The summed E-state index contributed by atoms with van der Waals surface area (Å²) >= 11 is 1.72. The van der Waals surface area contributed by atoms with Gasteiger partial charge in [0.2, 0.25) is 0 Å². The van der Waals surface area contributed by atoms with Crippen LogP contribution in [0.4, 0.5) is 5.69 Å². The Morgan fingerprint density at radius 2 is 2.14 bits per heavy atom. The lowest BCUT2D eigenvalue weighted by Crippen LogP contribution is -2.23. The molecule has 1 unspecified atom stereocenters. The molecule has 0 radical (unpaired) electrons. The Morgan fingerprint density at radius 1 is 1.36 bits per heavy atom. The van der Waals surface area contributed by atoms with Crippen LogP contribution in [-0.2, 0) is 0 Å². The number of guanidine groups is 1. The van der Waals surface area contributed by atoms with E-state index in [1.54, 1.807) is 11.3 Å². The number of nitrogens with zero attached hydrogens (tertiary/aromatic N) is 2. The number of hydrogen-bond donors (Lipinski definition) is 2. The number of aliphatic imine (C=N–C) groups is 1. The molecule has 1 atom stereocenters. The fourth-order valence-electron chi connectivity index (χ4n) is 2.08. The van der Waals surface area contributed by atoms with Gasteiger partial charge in [-0.2, -0.15) is 0 Å². The van der Waals surface area contributed by atoms with E-state index in [9.17, 15) is 0 Å². The van der Waals surface area contributed by atoms with Crippen molar-refractivity contribution in [3.8, 4) is 0 Å². The lowest BCUT2D eigenvalue weighted by molar-refractivity contribution is 0.766. The third-order valence-corrected chi connectivity index (χ3v) is 4.57. The molecule has 3 N–H and O–H groups in total. The van der Waals surface area contributed by atoms with Gasteiger partial charge in [0.25, 0.3) is 0 Å². The van der Waals surface area contributed by atoms with E-state index < -0.39 is 0 Å². The van der Waals surface area contributed by atoms with Crippen LogP contribution in [-0.4, -0.2) is 17.5 Å². The number of benzene rings is 1. The molecule has 0 fully saturated rings. The predicted octanol–water partition coefficient (Wildman–Crippen LogP) is 4.11. The molecule has 22 heavy (non-hydrogen) atoms. The van der Waals surface area contributed by atoms with Crippen LogP contribution >= 0.6 is 11.3 Å². The van der Waals surface area contributed by atoms with Gasteiger partial charge in [0.05, 0.1) is 11.6 Å². The van der Waals surface area contributed by atoms with Gasteiger partial charge in [-0.05, 0) is 30.5 Å². The lowest BCUT2D eigenvalue weighted by atomic mass is 10.0. The van der Waals surface area contributed by atoms with Crippen molar-refractivity contribution >= 4 is 23.0 Å². The molecule has 5 heteroatoms. The summed E-state index contributed by atoms with van der Waals surface area (Å²) in [6, 6.07) is 8.27. The van der Waals surface area contributed by atoms with Crippen molar-refractivity contribution in [1.29, 1.82) is 0 Å². The fourth-order valence-corrected chi connectivity index (χ4v) is 2.89. The summed E-state index contributed by atoms with van der Waals surface area (Å²) in [5, 5.41) is 4.27. The number of aromatic nitrogens is 1. The van der Waals surface area contributed by atoms with E-state index in [-0.39, 0.29) is 5.92 Å². The average molecular weight is 316 g/mol. The monoisotopic (exact) mass is 316 g/mol. The fraction of sp³-hybridized carbons (Fsp3) is 0.412. The van der Waals surface area contributed by atoms with Gasteiger partial charge in [-0.25, -0.2) is 4.98 Å². The van der Waals surface area contributed by atoms with Crippen LogP contribution in [0.25, 0.3) is 0 Å². The molecule has 0 aliphatic rings. The average Bonchev–Trinajstić information content (AvgIpc) is 2.91. The second-order valence-corrected chi connectivity index (χ2v) is 7.11. The van der Waals surface area contributed by atoms with Crippen LogP contribution in [0.15, 0.2) is 35.5 Å². The molecular formula is C17H24N4S. The van der Waals surface area contributed by atoms with Gasteiger partial charge in [0.15, 0.2) is 5.96 Å². The van der Waals surface area contributed by atoms with E-state index in [4.69, 9.17) is 5.73 Å². The maximum atomic E-state index is 5.99. The number of nitrogens with two attached hydrogens (primary N) is 1. The first kappa shape index (κ1) is 16.5. The van der Waals surface area contributed by atoms with Gasteiger partial charge in [-0.15, -0.1) is 11.3 Å². The minimum Gasteiger partial charge on any atom is -0.370 e. The quantitative estimate of drug-likeness (QED) is 0.644. The molecule has 0 amide bonds. The van der Waals surface area contributed by atoms with Crippen LogP contribution in [0, 0.1) is 6.92 Å². The maximum Gasteiger partial charge on any atom is 0.193 e. The first-order valence-corrected chi connectivity index (χ1v) is 8.36. The summed E-state index contributed by atoms with van der Waals surface area (Å²) in [5.41, 5.74) is 8.24. The summed E-state index contributed by atoms with van der Waals surface area (Å²) in [5.74, 6) is 1.22. The van der Waals surface area contributed by atoms with Crippen molar-refractivity contribution < 1.29 is 0 Å². The summed E-state index contributed by atoms with van der Waals surface area (Å²) in [4.78, 5) is 10.1. The molecule has 0 saturated carbocycles. The third kappa shape index (κ3) is 4.56. The highest BCUT2D eigenvalue weighted by Crippen LogP contribution is 2.21. The van der Waals surface area contributed by atoms with E-state index >= 15 is 0 Å². The van der Waals surface area contributed by atoms with Crippen molar-refractivity contribution in [3.63, 3.8) is 0 Å². The second kappa shape index (κ2) is 7.40. The molecule has 0 aliphatic carbocycles. The molecular weight excluding hydrogens is 292 g/mol. The number of nitrogens with one attached hydrogen (secondary N) is 1. The van der Waals surface area contributed by atoms with Crippen molar-refractivity contribution in [2.45, 2.75) is 39.5 Å². The van der Waals surface area contributed by atoms with Gasteiger partial charge in [0.1, 0.15) is 0 Å². The van der Waals surface area contributed by atoms with Crippen molar-refractivity contribution in [2.75, 3.05) is 11.9 Å². The highest BCUT2D eigenvalue weighted by molar-refractivity contribution is 7.11. The molecule has 2 rings (SSSR count). The smallest absolute Gasteiger partial charge is 0.193 e. The molecule has 118 valence electrons. The molecule has 1 aromatic carbocycles. The molecule has 0 spiro atoms. The van der Waals surface area contributed by atoms with Crippen LogP contribution in [0.3, 0.4) is 0 Å². The Labute approximate surface area is 136 Å². The van der Waals surface area contributed by atoms with E-state index in [1.165, 1.54) is 10.4 Å². The first-order chi connectivity index (χ1) is 10.5. The van der Waals surface area contributed by atoms with Crippen LogP contribution in [0.1, 0.15) is 48.1 Å². The largest absolute Gasteiger partial charge is 0.370 e. The number of hydrogen-bond acceptors (Lipinski definition) is 3. The van der Waals surface area contributed by atoms with Gasteiger partial charge in [0, 0.05) is 22.7 Å². The van der Waals surface area contributed by atoms with E-state index in [0.717, 1.165) is 10.7 Å². The Balaban J connectivity index is 1.96. The minimum atomic E-state index is 0.279. The van der Waals surface area contributed by atoms with Crippen molar-refractivity contribution in [1.82, 2.24) is 4.98 Å². The number of thiazole rings is 1. The number of aryl methyl sites for hydroxylation is 1. The molecule has 0 aliphatic heterocycles. The van der Waals surface area contributed by atoms with Gasteiger partial charge >= 0.3 is 0 Å². The highest BCUT2D eigenvalue weighted by Gasteiger charge is 2.09. The number of rotatable bonds is 5. The van der Waals surface area contributed by atoms with E-state index in [1.807, 2.05) is 18.3 Å². The Kier molecular flexibility index (Phi) is 5.55. The van der Waals surface area contributed by atoms with Crippen LogP contribution < -0.4 is 11.1 Å². The summed E-state index contributed by atoms with van der Waals surface area (Å²) in [6.45, 7) is 9.17. The minimum absolute atomic E-state index is 0.279. The predicted molar refractivity (Wildman–Crippen MR) is 95.9 cm³/mol. The Hall–Kier alpha value is -1.88. The highest BCUT2D eigenvalue weighted by atomic mass is 32.1. The number of anilines is 1. The van der Waals surface area contributed by atoms with Crippen molar-refractivity contribution in [2.24, 2.45) is 10.7 Å². The summed E-state index contributed by atoms with van der Waals surface area (Å²) in [7, 11) is 0. The lowest BCUT2D eigenvalue weighted by Gasteiger charge is -2.10. The summed E-state index contributed by atoms with van der Waals surface area (Å²) in [6.07, 6.45) is 1.90. The zero-order chi connectivity index (χ0) is 16.1. The first-order valence-electron chi connectivity index (χ1n) is 7.55. The zero-order valence-corrected chi connectivity index (χ0v) is 14.4. The van der Waals surface area contributed by atoms with E-state index in [2.05, 4.69) is 55.1 Å². The molecule has 4 nitrogen and oxygen atoms in total. The third-order valence-electron chi connectivity index (χ3n) is 3.42. The maximum absolute atomic E-state index is 5.99. The molecule has 1 aromatic heterocycles. The second-order valence-electron chi connectivity index (χ2n) is 5.84. The van der Waals surface area contributed by atoms with Crippen LogP contribution in [0.2, 0.25) is 0 Å². The zero-order valence-electron chi connectivity index (χ0n) is 13.6. The van der Waals surface area contributed by atoms with Gasteiger partial charge in [-0.1, -0.05) is 32.9 Å². The normalized spacial score (nSPS) is 13.4. The Morgan fingerprint density at radius 3 is 2.77 bits per heavy atom. The molecule has 0 saturated heterocycles. The van der Waals surface area contributed by atoms with Gasteiger partial charge in [-0.3, -0.25) is 4.99 Å². The summed E-state index contributed by atoms with van der Waals surface area (Å²) < 4.78 is 0. The Bertz CT molecular complexity index is 646. The van der Waals surface area contributed by atoms with Gasteiger partial charge < -0.3 is 11.1 Å². The topological polar surface area (TPSA) is 63.3 Å². The molecule has 0 bridgehead atoms. The molecule has 1 heterocycles.